The standard InChI is InChI=1S/C7H16N2O/c1-3-10-9(6(2)8)7-4-5-7/h6-7H,3-5,8H2,1-2H3. The Morgan fingerprint density at radius 1 is 1.70 bits per heavy atom. The summed E-state index contributed by atoms with van der Waals surface area (Å²) in [6.45, 7) is 4.66. The van der Waals surface area contributed by atoms with E-state index in [0.29, 0.717) is 6.04 Å². The molecule has 1 rings (SSSR count). The van der Waals surface area contributed by atoms with Crippen molar-refractivity contribution in [3.8, 4) is 0 Å². The fraction of sp³-hybridized carbons (Fsp3) is 1.00. The van der Waals surface area contributed by atoms with Gasteiger partial charge in [0.1, 0.15) is 0 Å². The molecule has 1 fully saturated rings. The molecule has 0 aromatic rings. The van der Waals surface area contributed by atoms with Gasteiger partial charge in [0.2, 0.25) is 0 Å². The highest BCUT2D eigenvalue weighted by molar-refractivity contribution is 4.81. The van der Waals surface area contributed by atoms with E-state index >= 15 is 0 Å². The van der Waals surface area contributed by atoms with E-state index in [9.17, 15) is 0 Å². The van der Waals surface area contributed by atoms with E-state index in [0.717, 1.165) is 6.61 Å². The van der Waals surface area contributed by atoms with E-state index in [-0.39, 0.29) is 6.17 Å². The van der Waals surface area contributed by atoms with Gasteiger partial charge in [-0.3, -0.25) is 4.84 Å². The van der Waals surface area contributed by atoms with Gasteiger partial charge in [0.15, 0.2) is 0 Å². The summed E-state index contributed by atoms with van der Waals surface area (Å²) in [5.74, 6) is 0. The van der Waals surface area contributed by atoms with Crippen molar-refractivity contribution in [3.63, 3.8) is 0 Å². The van der Waals surface area contributed by atoms with E-state index in [1.54, 1.807) is 0 Å². The molecule has 0 saturated heterocycles. The third kappa shape index (κ3) is 1.94. The maximum atomic E-state index is 5.66. The Kier molecular flexibility index (Phi) is 2.65. The van der Waals surface area contributed by atoms with Crippen LogP contribution in [0.25, 0.3) is 0 Å². The maximum Gasteiger partial charge on any atom is 0.0792 e. The molecular weight excluding hydrogens is 128 g/mol. The lowest BCUT2D eigenvalue weighted by molar-refractivity contribution is -0.185. The SMILES string of the molecule is CCON(C(C)N)C1CC1. The lowest BCUT2D eigenvalue weighted by Gasteiger charge is -2.24. The first-order valence-corrected chi connectivity index (χ1v) is 3.92. The van der Waals surface area contributed by atoms with Gasteiger partial charge in [-0.05, 0) is 26.7 Å². The van der Waals surface area contributed by atoms with Crippen LogP contribution in [-0.4, -0.2) is 23.9 Å². The molecule has 0 aromatic heterocycles. The van der Waals surface area contributed by atoms with Crippen LogP contribution < -0.4 is 5.73 Å². The van der Waals surface area contributed by atoms with Crippen LogP contribution in [0.2, 0.25) is 0 Å². The monoisotopic (exact) mass is 144 g/mol. The minimum Gasteiger partial charge on any atom is -0.314 e. The number of nitrogens with two attached hydrogens (primary N) is 1. The van der Waals surface area contributed by atoms with Gasteiger partial charge in [-0.25, -0.2) is 0 Å². The van der Waals surface area contributed by atoms with Crippen LogP contribution in [0.1, 0.15) is 26.7 Å². The van der Waals surface area contributed by atoms with E-state index < -0.39 is 0 Å². The van der Waals surface area contributed by atoms with Crippen LogP contribution in [0.4, 0.5) is 0 Å². The number of nitrogens with zero attached hydrogens (tertiary/aromatic N) is 1. The molecule has 3 heteroatoms. The minimum atomic E-state index is 0.0347. The van der Waals surface area contributed by atoms with E-state index in [4.69, 9.17) is 10.6 Å². The molecule has 0 aromatic carbocycles. The molecule has 1 unspecified atom stereocenters. The molecule has 0 heterocycles. The molecule has 0 bridgehead atoms. The minimum absolute atomic E-state index is 0.0347. The average Bonchev–Trinajstić information content (AvgIpc) is 2.63. The molecule has 1 aliphatic carbocycles. The zero-order valence-corrected chi connectivity index (χ0v) is 6.71. The number of hydroxylamine groups is 2. The Morgan fingerprint density at radius 2 is 2.30 bits per heavy atom. The van der Waals surface area contributed by atoms with E-state index in [1.165, 1.54) is 12.8 Å². The normalized spacial score (nSPS) is 21.6. The molecule has 0 radical (unpaired) electrons. The quantitative estimate of drug-likeness (QED) is 0.466. The van der Waals surface area contributed by atoms with Crippen molar-refractivity contribution in [3.05, 3.63) is 0 Å². The van der Waals surface area contributed by atoms with Crippen LogP contribution >= 0.6 is 0 Å². The summed E-state index contributed by atoms with van der Waals surface area (Å²) in [5.41, 5.74) is 5.66. The Morgan fingerprint density at radius 3 is 2.60 bits per heavy atom. The lowest BCUT2D eigenvalue weighted by Crippen LogP contribution is -2.41. The van der Waals surface area contributed by atoms with Crippen LogP contribution in [-0.2, 0) is 4.84 Å². The summed E-state index contributed by atoms with van der Waals surface area (Å²) in [7, 11) is 0. The largest absolute Gasteiger partial charge is 0.314 e. The van der Waals surface area contributed by atoms with Gasteiger partial charge in [-0.1, -0.05) is 0 Å². The Balaban J connectivity index is 2.26. The van der Waals surface area contributed by atoms with Crippen LogP contribution in [0.3, 0.4) is 0 Å². The van der Waals surface area contributed by atoms with Gasteiger partial charge in [-0.2, -0.15) is 5.06 Å². The van der Waals surface area contributed by atoms with Gasteiger partial charge in [-0.15, -0.1) is 0 Å². The second kappa shape index (κ2) is 3.32. The molecule has 0 amide bonds. The fourth-order valence-electron chi connectivity index (χ4n) is 1.03. The molecule has 1 saturated carbocycles. The first-order valence-electron chi connectivity index (χ1n) is 3.92. The van der Waals surface area contributed by atoms with Gasteiger partial charge in [0, 0.05) is 6.04 Å². The third-order valence-corrected chi connectivity index (χ3v) is 1.59. The third-order valence-electron chi connectivity index (χ3n) is 1.59. The van der Waals surface area contributed by atoms with Crippen molar-refractivity contribution in [1.29, 1.82) is 0 Å². The van der Waals surface area contributed by atoms with Crippen LogP contribution in [0.5, 0.6) is 0 Å². The molecule has 1 atom stereocenters. The Bertz CT molecular complexity index is 99.8. The van der Waals surface area contributed by atoms with Gasteiger partial charge >= 0.3 is 0 Å². The van der Waals surface area contributed by atoms with Crippen molar-refractivity contribution in [1.82, 2.24) is 5.06 Å². The highest BCUT2D eigenvalue weighted by Gasteiger charge is 2.31. The van der Waals surface area contributed by atoms with Crippen molar-refractivity contribution in [2.45, 2.75) is 38.9 Å². The Hall–Kier alpha value is -0.120. The molecule has 3 nitrogen and oxygen atoms in total. The van der Waals surface area contributed by atoms with Gasteiger partial charge < -0.3 is 5.73 Å². The van der Waals surface area contributed by atoms with Crippen LogP contribution in [0, 0.1) is 0 Å². The predicted octanol–water partition coefficient (Wildman–Crippen LogP) is 0.707. The highest BCUT2D eigenvalue weighted by Crippen LogP contribution is 2.27. The van der Waals surface area contributed by atoms with Gasteiger partial charge in [0.05, 0.1) is 12.8 Å². The van der Waals surface area contributed by atoms with Crippen molar-refractivity contribution in [2.75, 3.05) is 6.61 Å². The number of rotatable bonds is 4. The maximum absolute atomic E-state index is 5.66. The smallest absolute Gasteiger partial charge is 0.0792 e. The first kappa shape index (κ1) is 7.98. The summed E-state index contributed by atoms with van der Waals surface area (Å²) in [6.07, 6.45) is 2.51. The molecule has 1 aliphatic rings. The van der Waals surface area contributed by atoms with Crippen molar-refractivity contribution >= 4 is 0 Å². The zero-order chi connectivity index (χ0) is 7.56. The second-order valence-corrected chi connectivity index (χ2v) is 2.75. The van der Waals surface area contributed by atoms with E-state index in [1.807, 2.05) is 18.9 Å². The first-order chi connectivity index (χ1) is 4.75. The van der Waals surface area contributed by atoms with Crippen molar-refractivity contribution in [2.24, 2.45) is 5.73 Å². The number of hydrogen-bond acceptors (Lipinski definition) is 3. The molecule has 60 valence electrons. The molecule has 2 N–H and O–H groups in total. The van der Waals surface area contributed by atoms with Crippen LogP contribution in [0.15, 0.2) is 0 Å². The summed E-state index contributed by atoms with van der Waals surface area (Å²) in [5, 5.41) is 1.90. The highest BCUT2D eigenvalue weighted by atomic mass is 16.7. The summed E-state index contributed by atoms with van der Waals surface area (Å²) in [4.78, 5) is 5.34. The van der Waals surface area contributed by atoms with Crippen molar-refractivity contribution < 1.29 is 4.84 Å². The average molecular weight is 144 g/mol. The summed E-state index contributed by atoms with van der Waals surface area (Å²) >= 11 is 0. The molecule has 0 aliphatic heterocycles. The predicted molar refractivity (Wildman–Crippen MR) is 40.1 cm³/mol. The number of hydrogen-bond donors (Lipinski definition) is 1. The molecular formula is C7H16N2O. The fourth-order valence-corrected chi connectivity index (χ4v) is 1.03. The van der Waals surface area contributed by atoms with E-state index in [2.05, 4.69) is 0 Å². The summed E-state index contributed by atoms with van der Waals surface area (Å²) < 4.78 is 0. The molecule has 0 spiro atoms. The van der Waals surface area contributed by atoms with Gasteiger partial charge in [0.25, 0.3) is 0 Å². The second-order valence-electron chi connectivity index (χ2n) is 2.75. The lowest BCUT2D eigenvalue weighted by atomic mass is 10.5. The molecule has 10 heavy (non-hydrogen) atoms. The zero-order valence-electron chi connectivity index (χ0n) is 6.71. The topological polar surface area (TPSA) is 38.5 Å². The summed E-state index contributed by atoms with van der Waals surface area (Å²) in [6, 6.07) is 0.597. The Labute approximate surface area is 62.1 Å².